The highest BCUT2D eigenvalue weighted by molar-refractivity contribution is 5.67. The zero-order valence-electron chi connectivity index (χ0n) is 13.9. The second kappa shape index (κ2) is 8.50. The van der Waals surface area contributed by atoms with Crippen LogP contribution in [0.25, 0.3) is 0 Å². The van der Waals surface area contributed by atoms with Crippen molar-refractivity contribution >= 4 is 6.09 Å². The first kappa shape index (κ1) is 16.5. The highest BCUT2D eigenvalue weighted by Gasteiger charge is 2.24. The van der Waals surface area contributed by atoms with Crippen LogP contribution in [0.4, 0.5) is 4.79 Å². The molecule has 4 nitrogen and oxygen atoms in total. The number of nitrogens with one attached hydrogen (secondary N) is 1. The summed E-state index contributed by atoms with van der Waals surface area (Å²) in [4.78, 5) is 14.1. The van der Waals surface area contributed by atoms with Gasteiger partial charge in [0.1, 0.15) is 6.61 Å². The SMILES string of the molecule is O=C(OCc1ccccc1)N1CCC[C@H](NCc2ccccc2)C1. The van der Waals surface area contributed by atoms with Gasteiger partial charge in [0.2, 0.25) is 0 Å². The van der Waals surface area contributed by atoms with Crippen molar-refractivity contribution in [1.29, 1.82) is 0 Å². The van der Waals surface area contributed by atoms with Gasteiger partial charge in [-0.25, -0.2) is 4.79 Å². The average molecular weight is 324 g/mol. The molecule has 0 spiro atoms. The molecule has 1 aliphatic heterocycles. The van der Waals surface area contributed by atoms with Crippen molar-refractivity contribution in [3.63, 3.8) is 0 Å². The molecule has 4 heteroatoms. The summed E-state index contributed by atoms with van der Waals surface area (Å²) in [6.07, 6.45) is 1.88. The molecule has 2 aromatic rings. The van der Waals surface area contributed by atoms with Crippen LogP contribution < -0.4 is 5.32 Å². The van der Waals surface area contributed by atoms with Gasteiger partial charge in [0.25, 0.3) is 0 Å². The van der Waals surface area contributed by atoms with E-state index in [-0.39, 0.29) is 6.09 Å². The average Bonchev–Trinajstić information content (AvgIpc) is 2.66. The van der Waals surface area contributed by atoms with Gasteiger partial charge in [0.05, 0.1) is 0 Å². The summed E-state index contributed by atoms with van der Waals surface area (Å²) in [7, 11) is 0. The topological polar surface area (TPSA) is 41.6 Å². The first-order valence-corrected chi connectivity index (χ1v) is 8.54. The van der Waals surface area contributed by atoms with E-state index in [1.807, 2.05) is 53.4 Å². The number of ether oxygens (including phenoxy) is 1. The monoisotopic (exact) mass is 324 g/mol. The van der Waals surface area contributed by atoms with Gasteiger partial charge in [-0.2, -0.15) is 0 Å². The Hall–Kier alpha value is -2.33. The van der Waals surface area contributed by atoms with Gasteiger partial charge in [-0.1, -0.05) is 60.7 Å². The summed E-state index contributed by atoms with van der Waals surface area (Å²) >= 11 is 0. The Bertz CT molecular complexity index is 631. The van der Waals surface area contributed by atoms with Crippen LogP contribution in [0, 0.1) is 0 Å². The molecule has 0 bridgehead atoms. The molecule has 1 fully saturated rings. The second-order valence-electron chi connectivity index (χ2n) is 6.19. The molecule has 1 saturated heterocycles. The predicted molar refractivity (Wildman–Crippen MR) is 94.5 cm³/mol. The van der Waals surface area contributed by atoms with Crippen molar-refractivity contribution in [2.75, 3.05) is 13.1 Å². The van der Waals surface area contributed by atoms with Crippen LogP contribution in [0.1, 0.15) is 24.0 Å². The molecular formula is C20H24N2O2. The summed E-state index contributed by atoms with van der Waals surface area (Å²) < 4.78 is 5.44. The Morgan fingerprint density at radius 3 is 2.42 bits per heavy atom. The maximum atomic E-state index is 12.3. The molecule has 0 saturated carbocycles. The molecular weight excluding hydrogens is 300 g/mol. The third-order valence-electron chi connectivity index (χ3n) is 4.32. The van der Waals surface area contributed by atoms with E-state index in [9.17, 15) is 4.79 Å². The lowest BCUT2D eigenvalue weighted by molar-refractivity contribution is 0.0832. The minimum absolute atomic E-state index is 0.218. The number of hydrogen-bond donors (Lipinski definition) is 1. The molecule has 0 unspecified atom stereocenters. The van der Waals surface area contributed by atoms with Gasteiger partial charge in [-0.15, -0.1) is 0 Å². The molecule has 0 aromatic heterocycles. The van der Waals surface area contributed by atoms with E-state index in [1.165, 1.54) is 5.56 Å². The zero-order valence-corrected chi connectivity index (χ0v) is 13.9. The predicted octanol–water partition coefficient (Wildman–Crippen LogP) is 3.58. The van der Waals surface area contributed by atoms with Crippen LogP contribution in [0.3, 0.4) is 0 Å². The maximum Gasteiger partial charge on any atom is 0.410 e. The van der Waals surface area contributed by atoms with E-state index in [2.05, 4.69) is 17.4 Å². The van der Waals surface area contributed by atoms with Gasteiger partial charge in [-0.05, 0) is 24.0 Å². The third-order valence-corrected chi connectivity index (χ3v) is 4.32. The number of amides is 1. The van der Waals surface area contributed by atoms with Gasteiger partial charge in [0.15, 0.2) is 0 Å². The molecule has 1 aliphatic rings. The second-order valence-corrected chi connectivity index (χ2v) is 6.19. The zero-order chi connectivity index (χ0) is 16.6. The van der Waals surface area contributed by atoms with Crippen LogP contribution in [-0.4, -0.2) is 30.1 Å². The van der Waals surface area contributed by atoms with E-state index < -0.39 is 0 Å². The largest absolute Gasteiger partial charge is 0.445 e. The van der Waals surface area contributed by atoms with Gasteiger partial charge >= 0.3 is 6.09 Å². The van der Waals surface area contributed by atoms with Gasteiger partial charge in [-0.3, -0.25) is 0 Å². The minimum Gasteiger partial charge on any atom is -0.445 e. The molecule has 0 radical (unpaired) electrons. The van der Waals surface area contributed by atoms with Crippen molar-refractivity contribution in [2.45, 2.75) is 32.0 Å². The molecule has 126 valence electrons. The van der Waals surface area contributed by atoms with E-state index in [4.69, 9.17) is 4.74 Å². The lowest BCUT2D eigenvalue weighted by Crippen LogP contribution is -2.47. The highest BCUT2D eigenvalue weighted by atomic mass is 16.6. The number of nitrogens with zero attached hydrogens (tertiary/aromatic N) is 1. The molecule has 1 atom stereocenters. The Labute approximate surface area is 143 Å². The Morgan fingerprint density at radius 1 is 1.04 bits per heavy atom. The fourth-order valence-corrected chi connectivity index (χ4v) is 2.98. The van der Waals surface area contributed by atoms with Gasteiger partial charge < -0.3 is 15.0 Å². The lowest BCUT2D eigenvalue weighted by atomic mass is 10.1. The summed E-state index contributed by atoms with van der Waals surface area (Å²) in [5, 5.41) is 3.55. The van der Waals surface area contributed by atoms with Crippen molar-refractivity contribution < 1.29 is 9.53 Å². The summed E-state index contributed by atoms with van der Waals surface area (Å²) in [5.41, 5.74) is 2.28. The quantitative estimate of drug-likeness (QED) is 0.914. The Balaban J connectivity index is 1.45. The minimum atomic E-state index is -0.218. The molecule has 1 amide bonds. The van der Waals surface area contributed by atoms with E-state index in [0.29, 0.717) is 19.2 Å². The first-order valence-electron chi connectivity index (χ1n) is 8.54. The fourth-order valence-electron chi connectivity index (χ4n) is 2.98. The van der Waals surface area contributed by atoms with Crippen LogP contribution in [0.15, 0.2) is 60.7 Å². The van der Waals surface area contributed by atoms with Gasteiger partial charge in [0, 0.05) is 25.7 Å². The highest BCUT2D eigenvalue weighted by Crippen LogP contribution is 2.13. The summed E-state index contributed by atoms with van der Waals surface area (Å²) in [6.45, 7) is 2.65. The van der Waals surface area contributed by atoms with E-state index in [0.717, 1.165) is 31.5 Å². The molecule has 1 N–H and O–H groups in total. The maximum absolute atomic E-state index is 12.3. The molecule has 3 rings (SSSR count). The third kappa shape index (κ3) is 4.83. The van der Waals surface area contributed by atoms with Crippen LogP contribution in [0.5, 0.6) is 0 Å². The number of rotatable bonds is 5. The summed E-state index contributed by atoms with van der Waals surface area (Å²) in [6, 6.07) is 20.5. The first-order chi connectivity index (χ1) is 11.8. The summed E-state index contributed by atoms with van der Waals surface area (Å²) in [5.74, 6) is 0. The van der Waals surface area contributed by atoms with Crippen LogP contribution >= 0.6 is 0 Å². The van der Waals surface area contributed by atoms with Crippen molar-refractivity contribution in [3.05, 3.63) is 71.8 Å². The van der Waals surface area contributed by atoms with E-state index >= 15 is 0 Å². The normalized spacial score (nSPS) is 17.5. The van der Waals surface area contributed by atoms with Crippen LogP contribution in [-0.2, 0) is 17.9 Å². The molecule has 2 aromatic carbocycles. The number of hydrogen-bond acceptors (Lipinski definition) is 3. The van der Waals surface area contributed by atoms with Crippen molar-refractivity contribution in [2.24, 2.45) is 0 Å². The van der Waals surface area contributed by atoms with E-state index in [1.54, 1.807) is 0 Å². The molecule has 0 aliphatic carbocycles. The fraction of sp³-hybridized carbons (Fsp3) is 0.350. The molecule has 1 heterocycles. The molecule has 24 heavy (non-hydrogen) atoms. The Kier molecular flexibility index (Phi) is 5.85. The van der Waals surface area contributed by atoms with Crippen molar-refractivity contribution in [3.8, 4) is 0 Å². The number of carbonyl (C=O) groups is 1. The standard InChI is InChI=1S/C20H24N2O2/c23-20(24-16-18-10-5-2-6-11-18)22-13-7-12-19(15-22)21-14-17-8-3-1-4-9-17/h1-6,8-11,19,21H,7,12-16H2/t19-/m0/s1. The van der Waals surface area contributed by atoms with Crippen LogP contribution in [0.2, 0.25) is 0 Å². The number of piperidine rings is 1. The lowest BCUT2D eigenvalue weighted by Gasteiger charge is -2.32. The number of likely N-dealkylation sites (tertiary alicyclic amines) is 1. The number of benzene rings is 2. The number of carbonyl (C=O) groups excluding carboxylic acids is 1. The smallest absolute Gasteiger partial charge is 0.410 e. The van der Waals surface area contributed by atoms with Crippen molar-refractivity contribution in [1.82, 2.24) is 10.2 Å². The Morgan fingerprint density at radius 2 is 1.71 bits per heavy atom.